The summed E-state index contributed by atoms with van der Waals surface area (Å²) < 4.78 is 19.6. The number of methoxy groups -OCH3 is 1. The number of ketones is 1. The van der Waals surface area contributed by atoms with Crippen LogP contribution in [0.15, 0.2) is 53.7 Å². The average Bonchev–Trinajstić information content (AvgIpc) is 2.69. The molecule has 144 valence electrons. The van der Waals surface area contributed by atoms with Crippen LogP contribution in [0, 0.1) is 5.82 Å². The van der Waals surface area contributed by atoms with Crippen molar-refractivity contribution in [3.8, 4) is 11.5 Å². The van der Waals surface area contributed by atoms with E-state index in [0.717, 1.165) is 5.56 Å². The molecule has 1 unspecified atom stereocenters. The Morgan fingerprint density at radius 1 is 1.14 bits per heavy atom. The molecular formula is C22H20FNO4. The topological polar surface area (TPSA) is 66.8 Å². The third-order valence-electron chi connectivity index (χ3n) is 5.37. The Balaban J connectivity index is 1.87. The van der Waals surface area contributed by atoms with Gasteiger partial charge in [-0.1, -0.05) is 18.2 Å². The highest BCUT2D eigenvalue weighted by molar-refractivity contribution is 6.07. The molecule has 5 nitrogen and oxygen atoms in total. The summed E-state index contributed by atoms with van der Waals surface area (Å²) in [6.07, 6.45) is 1.62. The van der Waals surface area contributed by atoms with Crippen molar-refractivity contribution < 1.29 is 23.8 Å². The first-order chi connectivity index (χ1) is 13.5. The van der Waals surface area contributed by atoms with Crippen LogP contribution in [0.25, 0.3) is 0 Å². The molecule has 2 aliphatic rings. The van der Waals surface area contributed by atoms with Crippen molar-refractivity contribution in [2.75, 3.05) is 12.0 Å². The van der Waals surface area contributed by atoms with Crippen LogP contribution in [-0.2, 0) is 9.59 Å². The summed E-state index contributed by atoms with van der Waals surface area (Å²) in [5.41, 5.74) is 2.03. The number of hydrogen-bond acceptors (Lipinski definition) is 4. The van der Waals surface area contributed by atoms with Crippen molar-refractivity contribution in [2.45, 2.75) is 31.6 Å². The van der Waals surface area contributed by atoms with E-state index in [2.05, 4.69) is 0 Å². The molecule has 0 radical (unpaired) electrons. The summed E-state index contributed by atoms with van der Waals surface area (Å²) in [5, 5.41) is 9.87. The lowest BCUT2D eigenvalue weighted by Crippen LogP contribution is -2.41. The lowest BCUT2D eigenvalue weighted by Gasteiger charge is -2.38. The van der Waals surface area contributed by atoms with Gasteiger partial charge in [-0.3, -0.25) is 14.5 Å². The number of ether oxygens (including phenoxy) is 1. The average molecular weight is 381 g/mol. The minimum Gasteiger partial charge on any atom is -0.504 e. The molecule has 0 aromatic heterocycles. The fourth-order valence-corrected chi connectivity index (χ4v) is 4.10. The Hall–Kier alpha value is -3.15. The number of benzene rings is 2. The van der Waals surface area contributed by atoms with Crippen LogP contribution in [-0.4, -0.2) is 23.9 Å². The Morgan fingerprint density at radius 2 is 1.93 bits per heavy atom. The maximum absolute atomic E-state index is 14.4. The molecule has 1 aliphatic carbocycles. The number of rotatable bonds is 3. The van der Waals surface area contributed by atoms with Crippen LogP contribution in [0.3, 0.4) is 0 Å². The molecule has 2 aromatic carbocycles. The van der Waals surface area contributed by atoms with Crippen LogP contribution < -0.4 is 9.64 Å². The molecule has 1 atom stereocenters. The van der Waals surface area contributed by atoms with Crippen molar-refractivity contribution in [1.82, 2.24) is 0 Å². The molecule has 0 spiro atoms. The van der Waals surface area contributed by atoms with Crippen LogP contribution in [0.1, 0.15) is 37.2 Å². The van der Waals surface area contributed by atoms with Gasteiger partial charge in [0.25, 0.3) is 0 Å². The number of phenolic OH excluding ortho intramolecular Hbond substituents is 1. The number of nitrogens with zero attached hydrogens (tertiary/aromatic N) is 1. The Bertz CT molecular complexity index is 998. The normalized spacial score (nSPS) is 19.6. The molecule has 0 saturated carbocycles. The number of carbonyl (C=O) groups excluding carboxylic acids is 2. The molecule has 1 N–H and O–H groups in total. The maximum Gasteiger partial charge on any atom is 0.232 e. The second-order valence-corrected chi connectivity index (χ2v) is 7.01. The molecule has 0 bridgehead atoms. The van der Waals surface area contributed by atoms with Gasteiger partial charge in [0.2, 0.25) is 5.91 Å². The second-order valence-electron chi connectivity index (χ2n) is 7.01. The van der Waals surface area contributed by atoms with Gasteiger partial charge >= 0.3 is 0 Å². The first-order valence-corrected chi connectivity index (χ1v) is 9.22. The van der Waals surface area contributed by atoms with Crippen molar-refractivity contribution in [1.29, 1.82) is 0 Å². The number of para-hydroxylation sites is 1. The molecule has 2 aromatic rings. The largest absolute Gasteiger partial charge is 0.504 e. The van der Waals surface area contributed by atoms with Crippen molar-refractivity contribution in [3.05, 3.63) is 65.1 Å². The summed E-state index contributed by atoms with van der Waals surface area (Å²) in [7, 11) is 1.45. The number of carbonyl (C=O) groups is 2. The second kappa shape index (κ2) is 7.11. The lowest BCUT2D eigenvalue weighted by molar-refractivity contribution is -0.120. The number of phenols is 1. The van der Waals surface area contributed by atoms with Gasteiger partial charge in [-0.25, -0.2) is 4.39 Å². The van der Waals surface area contributed by atoms with Crippen LogP contribution in [0.5, 0.6) is 11.5 Å². The van der Waals surface area contributed by atoms with Crippen molar-refractivity contribution >= 4 is 17.4 Å². The molecule has 1 amide bonds. The first-order valence-electron chi connectivity index (χ1n) is 9.22. The van der Waals surface area contributed by atoms with Crippen LogP contribution >= 0.6 is 0 Å². The molecule has 1 aliphatic heterocycles. The Morgan fingerprint density at radius 3 is 2.68 bits per heavy atom. The number of amides is 1. The molecule has 6 heteroatoms. The highest BCUT2D eigenvalue weighted by Gasteiger charge is 2.40. The number of hydrogen-bond donors (Lipinski definition) is 1. The van der Waals surface area contributed by atoms with E-state index in [1.165, 1.54) is 24.1 Å². The minimum atomic E-state index is -0.495. The predicted octanol–water partition coefficient (Wildman–Crippen LogP) is 4.07. The van der Waals surface area contributed by atoms with Crippen LogP contribution in [0.4, 0.5) is 10.1 Å². The summed E-state index contributed by atoms with van der Waals surface area (Å²) in [4.78, 5) is 27.2. The van der Waals surface area contributed by atoms with E-state index in [4.69, 9.17) is 4.74 Å². The van der Waals surface area contributed by atoms with Gasteiger partial charge in [0, 0.05) is 30.0 Å². The van der Waals surface area contributed by atoms with Gasteiger partial charge in [-0.2, -0.15) is 0 Å². The highest BCUT2D eigenvalue weighted by Crippen LogP contribution is 2.45. The predicted molar refractivity (Wildman–Crippen MR) is 102 cm³/mol. The number of aromatic hydroxyl groups is 1. The zero-order valence-corrected chi connectivity index (χ0v) is 15.4. The standard InChI is InChI=1S/C22H20FNO4/c1-28-20-11-13(9-10-18(20)25)14-12-21(27)24(16-6-3-2-5-15(16)23)17-7-4-8-19(26)22(14)17/h2-3,5-6,9-11,14,25H,4,7-8,12H2,1H3. The van der Waals surface area contributed by atoms with Crippen LogP contribution in [0.2, 0.25) is 0 Å². The fourth-order valence-electron chi connectivity index (χ4n) is 4.10. The van der Waals surface area contributed by atoms with E-state index in [-0.39, 0.29) is 35.3 Å². The third-order valence-corrected chi connectivity index (χ3v) is 5.37. The van der Waals surface area contributed by atoms with E-state index in [1.54, 1.807) is 30.3 Å². The molecule has 4 rings (SSSR count). The monoisotopic (exact) mass is 381 g/mol. The van der Waals surface area contributed by atoms with Gasteiger partial charge in [-0.15, -0.1) is 0 Å². The van der Waals surface area contributed by atoms with E-state index in [1.807, 2.05) is 0 Å². The van der Waals surface area contributed by atoms with Gasteiger partial charge < -0.3 is 9.84 Å². The fraction of sp³-hybridized carbons (Fsp3) is 0.273. The van der Waals surface area contributed by atoms with E-state index in [0.29, 0.717) is 30.5 Å². The zero-order chi connectivity index (χ0) is 19.8. The smallest absolute Gasteiger partial charge is 0.232 e. The SMILES string of the molecule is COc1cc(C2CC(=O)N(c3ccccc3F)C3=C2C(=O)CCC3)ccc1O. The quantitative estimate of drug-likeness (QED) is 0.870. The highest BCUT2D eigenvalue weighted by atomic mass is 19.1. The van der Waals surface area contributed by atoms with Gasteiger partial charge in [0.1, 0.15) is 5.82 Å². The summed E-state index contributed by atoms with van der Waals surface area (Å²) in [6.45, 7) is 0. The first kappa shape index (κ1) is 18.2. The van der Waals surface area contributed by atoms with E-state index >= 15 is 0 Å². The number of Topliss-reactive ketones (excluding diaryl/α,β-unsaturated/α-hetero) is 1. The molecular weight excluding hydrogens is 361 g/mol. The van der Waals surface area contributed by atoms with Gasteiger partial charge in [0.05, 0.1) is 12.8 Å². The molecule has 28 heavy (non-hydrogen) atoms. The Kier molecular flexibility index (Phi) is 4.63. The minimum absolute atomic E-state index is 0.00876. The van der Waals surface area contributed by atoms with E-state index < -0.39 is 11.7 Å². The maximum atomic E-state index is 14.4. The summed E-state index contributed by atoms with van der Waals surface area (Å²) in [6, 6.07) is 11.0. The number of halogens is 1. The van der Waals surface area contributed by atoms with Gasteiger partial charge in [0.15, 0.2) is 17.3 Å². The summed E-state index contributed by atoms with van der Waals surface area (Å²) in [5.74, 6) is -0.932. The molecule has 1 heterocycles. The van der Waals surface area contributed by atoms with Gasteiger partial charge in [-0.05, 0) is 42.7 Å². The third kappa shape index (κ3) is 2.95. The molecule has 0 fully saturated rings. The zero-order valence-electron chi connectivity index (χ0n) is 15.4. The summed E-state index contributed by atoms with van der Waals surface area (Å²) >= 11 is 0. The number of anilines is 1. The van der Waals surface area contributed by atoms with Crippen molar-refractivity contribution in [2.24, 2.45) is 0 Å². The molecule has 0 saturated heterocycles. The number of allylic oxidation sites excluding steroid dienone is 2. The van der Waals surface area contributed by atoms with E-state index in [9.17, 15) is 19.1 Å². The lowest BCUT2D eigenvalue weighted by atomic mass is 9.77. The Labute approximate surface area is 162 Å². The van der Waals surface area contributed by atoms with Crippen molar-refractivity contribution in [3.63, 3.8) is 0 Å².